The second-order valence-electron chi connectivity index (χ2n) is 7.48. The van der Waals surface area contributed by atoms with Crippen molar-refractivity contribution < 1.29 is 22.7 Å². The van der Waals surface area contributed by atoms with Crippen LogP contribution in [0.5, 0.6) is 0 Å². The number of amides is 1. The number of nitrogens with one attached hydrogen (secondary N) is 1. The molecule has 1 saturated heterocycles. The van der Waals surface area contributed by atoms with Gasteiger partial charge in [0.1, 0.15) is 11.4 Å². The Morgan fingerprint density at radius 2 is 1.96 bits per heavy atom. The molecule has 9 nitrogen and oxygen atoms in total. The Morgan fingerprint density at radius 1 is 1.36 bits per heavy atom. The first-order valence-corrected chi connectivity index (χ1v) is 10.9. The monoisotopic (exact) mass is 414 g/mol. The summed E-state index contributed by atoms with van der Waals surface area (Å²) in [7, 11) is -0.639. The van der Waals surface area contributed by atoms with Gasteiger partial charge in [-0.1, -0.05) is 13.3 Å². The molecule has 1 N–H and O–H groups in total. The minimum atomic E-state index is -3.68. The first-order valence-electron chi connectivity index (χ1n) is 9.45. The van der Waals surface area contributed by atoms with E-state index in [1.165, 1.54) is 17.6 Å². The first kappa shape index (κ1) is 22.4. The molecule has 0 radical (unpaired) electrons. The van der Waals surface area contributed by atoms with Crippen LogP contribution in [0.15, 0.2) is 11.2 Å². The van der Waals surface area contributed by atoms with Gasteiger partial charge in [-0.15, -0.1) is 0 Å². The van der Waals surface area contributed by atoms with Gasteiger partial charge in [-0.25, -0.2) is 18.2 Å². The Bertz CT molecular complexity index is 808. The SMILES string of the molecule is CCC[C@](C)(NC(=O)C1CCN(S(=O)(=O)c2cn(C)c(C)n2)CC1)C(=O)OC. The Labute approximate surface area is 166 Å². The van der Waals surface area contributed by atoms with Crippen LogP contribution in [0.25, 0.3) is 0 Å². The molecule has 28 heavy (non-hydrogen) atoms. The van der Waals surface area contributed by atoms with Crippen molar-refractivity contribution in [1.29, 1.82) is 0 Å². The third-order valence-electron chi connectivity index (χ3n) is 5.30. The lowest BCUT2D eigenvalue weighted by Crippen LogP contribution is -2.55. The van der Waals surface area contributed by atoms with Crippen molar-refractivity contribution in [3.05, 3.63) is 12.0 Å². The fourth-order valence-electron chi connectivity index (χ4n) is 3.46. The fraction of sp³-hybridized carbons (Fsp3) is 0.722. The summed E-state index contributed by atoms with van der Waals surface area (Å²) in [5, 5.41) is 2.84. The number of carbonyl (C=O) groups is 2. The highest BCUT2D eigenvalue weighted by molar-refractivity contribution is 7.89. The molecule has 2 rings (SSSR count). The highest BCUT2D eigenvalue weighted by atomic mass is 32.2. The van der Waals surface area contributed by atoms with Gasteiger partial charge < -0.3 is 14.6 Å². The maximum Gasteiger partial charge on any atom is 0.331 e. The number of aromatic nitrogens is 2. The number of esters is 1. The number of rotatable bonds is 7. The van der Waals surface area contributed by atoms with E-state index in [1.807, 2.05) is 6.92 Å². The summed E-state index contributed by atoms with van der Waals surface area (Å²) in [6.45, 7) is 5.79. The minimum absolute atomic E-state index is 0.0246. The number of hydrogen-bond acceptors (Lipinski definition) is 6. The summed E-state index contributed by atoms with van der Waals surface area (Å²) in [6.07, 6.45) is 3.46. The Morgan fingerprint density at radius 3 is 2.43 bits per heavy atom. The molecule has 10 heteroatoms. The molecule has 1 amide bonds. The van der Waals surface area contributed by atoms with Gasteiger partial charge in [-0.2, -0.15) is 4.31 Å². The van der Waals surface area contributed by atoms with Crippen LogP contribution in [0.1, 0.15) is 45.4 Å². The van der Waals surface area contributed by atoms with Crippen molar-refractivity contribution in [2.75, 3.05) is 20.2 Å². The Hall–Kier alpha value is -1.94. The van der Waals surface area contributed by atoms with Crippen LogP contribution < -0.4 is 5.32 Å². The summed E-state index contributed by atoms with van der Waals surface area (Å²) in [5.74, 6) is -0.455. The van der Waals surface area contributed by atoms with Crippen molar-refractivity contribution in [2.45, 2.75) is 57.0 Å². The molecule has 1 aliphatic heterocycles. The third-order valence-corrected chi connectivity index (χ3v) is 7.07. The van der Waals surface area contributed by atoms with Crippen LogP contribution in [0, 0.1) is 12.8 Å². The number of nitrogens with zero attached hydrogens (tertiary/aromatic N) is 3. The van der Waals surface area contributed by atoms with Gasteiger partial charge in [0.05, 0.1) is 7.11 Å². The first-order chi connectivity index (χ1) is 13.0. The number of piperidine rings is 1. The number of aryl methyl sites for hydroxylation is 2. The van der Waals surface area contributed by atoms with Crippen LogP contribution >= 0.6 is 0 Å². The van der Waals surface area contributed by atoms with Gasteiger partial charge in [0.25, 0.3) is 10.0 Å². The Kier molecular flexibility index (Phi) is 6.87. The number of hydrogen-bond donors (Lipinski definition) is 1. The molecule has 2 heterocycles. The van der Waals surface area contributed by atoms with Gasteiger partial charge in [-0.3, -0.25) is 4.79 Å². The van der Waals surface area contributed by atoms with E-state index in [0.717, 1.165) is 0 Å². The summed E-state index contributed by atoms with van der Waals surface area (Å²) in [5.41, 5.74) is -1.07. The second kappa shape index (κ2) is 8.60. The van der Waals surface area contributed by atoms with Gasteiger partial charge in [0.2, 0.25) is 5.91 Å². The van der Waals surface area contributed by atoms with Crippen LogP contribution in [0.3, 0.4) is 0 Å². The zero-order chi connectivity index (χ0) is 21.1. The molecular formula is C18H30N4O5S. The van der Waals surface area contributed by atoms with E-state index in [2.05, 4.69) is 10.3 Å². The van der Waals surface area contributed by atoms with E-state index >= 15 is 0 Å². The zero-order valence-corrected chi connectivity index (χ0v) is 18.0. The van der Waals surface area contributed by atoms with Crippen molar-refractivity contribution in [1.82, 2.24) is 19.2 Å². The van der Waals surface area contributed by atoms with Crippen molar-refractivity contribution in [2.24, 2.45) is 13.0 Å². The predicted molar refractivity (Wildman–Crippen MR) is 103 cm³/mol. The number of carbonyl (C=O) groups excluding carboxylic acids is 2. The van der Waals surface area contributed by atoms with Gasteiger partial charge in [0.15, 0.2) is 5.03 Å². The van der Waals surface area contributed by atoms with Crippen molar-refractivity contribution in [3.63, 3.8) is 0 Å². The molecule has 1 aliphatic rings. The minimum Gasteiger partial charge on any atom is -0.467 e. The van der Waals surface area contributed by atoms with Crippen LogP contribution in [0.2, 0.25) is 0 Å². The smallest absolute Gasteiger partial charge is 0.331 e. The van der Waals surface area contributed by atoms with Crippen molar-refractivity contribution >= 4 is 21.9 Å². The lowest BCUT2D eigenvalue weighted by Gasteiger charge is -2.33. The Balaban J connectivity index is 2.02. The summed E-state index contributed by atoms with van der Waals surface area (Å²) in [6, 6.07) is 0. The standard InChI is InChI=1S/C18H30N4O5S/c1-6-9-18(3,17(24)27-5)20-16(23)14-7-10-22(11-8-14)28(25,26)15-12-21(4)13(2)19-15/h12,14H,6-11H2,1-5H3,(H,20,23)/t18-/m0/s1. The topological polar surface area (TPSA) is 111 Å². The van der Waals surface area contributed by atoms with Gasteiger partial charge in [-0.05, 0) is 33.1 Å². The molecule has 0 aliphatic carbocycles. The summed E-state index contributed by atoms with van der Waals surface area (Å²) >= 11 is 0. The average Bonchev–Trinajstić information content (AvgIpc) is 3.00. The average molecular weight is 415 g/mol. The molecule has 0 unspecified atom stereocenters. The van der Waals surface area contributed by atoms with Gasteiger partial charge in [0, 0.05) is 32.3 Å². The third kappa shape index (κ3) is 4.54. The van der Waals surface area contributed by atoms with Gasteiger partial charge >= 0.3 is 5.97 Å². The maximum atomic E-state index is 12.8. The largest absolute Gasteiger partial charge is 0.467 e. The van der Waals surface area contributed by atoms with Crippen molar-refractivity contribution in [3.8, 4) is 0 Å². The number of ether oxygens (including phenoxy) is 1. The van der Waals surface area contributed by atoms with Crippen LogP contribution in [-0.4, -0.2) is 59.9 Å². The highest BCUT2D eigenvalue weighted by Crippen LogP contribution is 2.25. The van der Waals surface area contributed by atoms with E-state index in [0.29, 0.717) is 31.5 Å². The lowest BCUT2D eigenvalue weighted by molar-refractivity contribution is -0.151. The van der Waals surface area contributed by atoms with Crippen LogP contribution in [0.4, 0.5) is 0 Å². The predicted octanol–water partition coefficient (Wildman–Crippen LogP) is 0.977. The molecule has 1 atom stereocenters. The molecule has 0 saturated carbocycles. The van der Waals surface area contributed by atoms with E-state index in [4.69, 9.17) is 4.74 Å². The molecule has 0 spiro atoms. The van der Waals surface area contributed by atoms with E-state index < -0.39 is 21.5 Å². The molecular weight excluding hydrogens is 384 g/mol. The summed E-state index contributed by atoms with van der Waals surface area (Å²) in [4.78, 5) is 28.9. The maximum absolute atomic E-state index is 12.8. The highest BCUT2D eigenvalue weighted by Gasteiger charge is 2.39. The van der Waals surface area contributed by atoms with E-state index in [-0.39, 0.29) is 29.9 Å². The number of methoxy groups -OCH3 is 1. The molecule has 158 valence electrons. The lowest BCUT2D eigenvalue weighted by atomic mass is 9.92. The molecule has 1 aromatic rings. The van der Waals surface area contributed by atoms with Crippen LogP contribution in [-0.2, 0) is 31.4 Å². The molecule has 1 aromatic heterocycles. The van der Waals surface area contributed by atoms with E-state index in [9.17, 15) is 18.0 Å². The number of sulfonamides is 1. The molecule has 0 bridgehead atoms. The quantitative estimate of drug-likeness (QED) is 0.666. The summed E-state index contributed by atoms with van der Waals surface area (Å²) < 4.78 is 33.4. The second-order valence-corrected chi connectivity index (χ2v) is 9.36. The number of imidazole rings is 1. The van der Waals surface area contributed by atoms with E-state index in [1.54, 1.807) is 25.5 Å². The molecule has 1 fully saturated rings. The zero-order valence-electron chi connectivity index (χ0n) is 17.2. The fourth-order valence-corrected chi connectivity index (χ4v) is 4.95. The molecule has 0 aromatic carbocycles. The normalized spacial score (nSPS) is 18.5.